The van der Waals surface area contributed by atoms with Crippen LogP contribution >= 0.6 is 11.6 Å². The maximum atomic E-state index is 12.7. The molecule has 0 saturated carbocycles. The molecule has 1 aromatic rings. The molecule has 4 nitrogen and oxygen atoms in total. The van der Waals surface area contributed by atoms with Crippen LogP contribution in [-0.4, -0.2) is 34.0 Å². The Hall–Kier alpha value is -1.55. The Bertz CT molecular complexity index is 497. The summed E-state index contributed by atoms with van der Waals surface area (Å²) in [6.45, 7) is 6.41. The first-order chi connectivity index (χ1) is 9.77. The first-order valence-corrected chi connectivity index (χ1v) is 7.45. The van der Waals surface area contributed by atoms with Crippen molar-refractivity contribution in [3.63, 3.8) is 0 Å². The lowest BCUT2D eigenvalue weighted by atomic mass is 9.97. The Morgan fingerprint density at radius 3 is 2.29 bits per heavy atom. The summed E-state index contributed by atoms with van der Waals surface area (Å²) in [7, 11) is 0. The molecule has 0 heterocycles. The number of hydrogen-bond donors (Lipinski definition) is 1. The Balaban J connectivity index is 2.92. The summed E-state index contributed by atoms with van der Waals surface area (Å²) in [4.78, 5) is 25.1. The van der Waals surface area contributed by atoms with Gasteiger partial charge >= 0.3 is 5.97 Å². The number of amides is 1. The van der Waals surface area contributed by atoms with E-state index in [9.17, 15) is 9.59 Å². The van der Waals surface area contributed by atoms with Crippen LogP contribution in [0.1, 0.15) is 50.4 Å². The van der Waals surface area contributed by atoms with Crippen molar-refractivity contribution in [1.82, 2.24) is 4.90 Å². The molecule has 0 aromatic heterocycles. The van der Waals surface area contributed by atoms with Crippen LogP contribution < -0.4 is 0 Å². The second-order valence-corrected chi connectivity index (χ2v) is 6.06. The molecule has 1 aromatic carbocycles. The molecule has 0 bridgehead atoms. The minimum atomic E-state index is -0.844. The first-order valence-electron chi connectivity index (χ1n) is 7.07. The maximum absolute atomic E-state index is 12.7. The van der Waals surface area contributed by atoms with Crippen LogP contribution in [0.2, 0.25) is 5.02 Å². The number of rotatable bonds is 7. The van der Waals surface area contributed by atoms with E-state index in [1.54, 1.807) is 29.2 Å². The van der Waals surface area contributed by atoms with Gasteiger partial charge in [-0.15, -0.1) is 0 Å². The molecule has 5 heteroatoms. The number of carbonyl (C=O) groups is 2. The number of benzene rings is 1. The Kier molecular flexibility index (Phi) is 6.21. The number of aliphatic carboxylic acids is 1. The number of carbonyl (C=O) groups excluding carboxylic acids is 1. The van der Waals surface area contributed by atoms with Gasteiger partial charge in [-0.3, -0.25) is 9.59 Å². The van der Waals surface area contributed by atoms with E-state index in [4.69, 9.17) is 16.7 Å². The standard InChI is InChI=1S/C16H22ClNO3/c1-4-16(2,3)18(11-5-6-14(19)20)15(21)12-7-9-13(17)10-8-12/h7-10H,4-6,11H2,1-3H3,(H,19,20). The Labute approximate surface area is 130 Å². The predicted molar refractivity (Wildman–Crippen MR) is 83.7 cm³/mol. The van der Waals surface area contributed by atoms with Gasteiger partial charge < -0.3 is 10.0 Å². The largest absolute Gasteiger partial charge is 0.481 e. The van der Waals surface area contributed by atoms with E-state index < -0.39 is 5.97 Å². The van der Waals surface area contributed by atoms with Crippen LogP contribution in [0.3, 0.4) is 0 Å². The first kappa shape index (κ1) is 17.5. The Morgan fingerprint density at radius 1 is 1.24 bits per heavy atom. The fourth-order valence-electron chi connectivity index (χ4n) is 2.01. The van der Waals surface area contributed by atoms with E-state index >= 15 is 0 Å². The van der Waals surface area contributed by atoms with E-state index in [-0.39, 0.29) is 17.9 Å². The van der Waals surface area contributed by atoms with E-state index in [1.165, 1.54) is 0 Å². The van der Waals surface area contributed by atoms with Gasteiger partial charge in [-0.25, -0.2) is 0 Å². The van der Waals surface area contributed by atoms with Gasteiger partial charge in [0, 0.05) is 29.1 Å². The molecule has 1 rings (SSSR count). The maximum Gasteiger partial charge on any atom is 0.303 e. The van der Waals surface area contributed by atoms with Gasteiger partial charge in [0.1, 0.15) is 0 Å². The Morgan fingerprint density at radius 2 is 1.81 bits per heavy atom. The number of carboxylic acid groups (broad SMARTS) is 1. The zero-order chi connectivity index (χ0) is 16.0. The van der Waals surface area contributed by atoms with Crippen molar-refractivity contribution in [3.8, 4) is 0 Å². The molecule has 0 aliphatic rings. The van der Waals surface area contributed by atoms with Crippen LogP contribution in [0.25, 0.3) is 0 Å². The average molecular weight is 312 g/mol. The SMILES string of the molecule is CCC(C)(C)N(CCCC(=O)O)C(=O)c1ccc(Cl)cc1. The molecule has 0 radical (unpaired) electrons. The summed E-state index contributed by atoms with van der Waals surface area (Å²) >= 11 is 5.84. The molecule has 0 atom stereocenters. The zero-order valence-corrected chi connectivity index (χ0v) is 13.5. The fraction of sp³-hybridized carbons (Fsp3) is 0.500. The summed E-state index contributed by atoms with van der Waals surface area (Å²) < 4.78 is 0. The highest BCUT2D eigenvalue weighted by molar-refractivity contribution is 6.30. The van der Waals surface area contributed by atoms with Gasteiger partial charge in [0.15, 0.2) is 0 Å². The second-order valence-electron chi connectivity index (χ2n) is 5.63. The van der Waals surface area contributed by atoms with Gasteiger partial charge in [-0.1, -0.05) is 18.5 Å². The molecule has 21 heavy (non-hydrogen) atoms. The average Bonchev–Trinajstić information content (AvgIpc) is 2.43. The number of halogens is 1. The van der Waals surface area contributed by atoms with Crippen LogP contribution in [0.15, 0.2) is 24.3 Å². The molecule has 0 unspecified atom stereocenters. The molecule has 0 aliphatic carbocycles. The summed E-state index contributed by atoms with van der Waals surface area (Å²) in [5.41, 5.74) is 0.242. The lowest BCUT2D eigenvalue weighted by Gasteiger charge is -2.38. The second kappa shape index (κ2) is 7.46. The van der Waals surface area contributed by atoms with Gasteiger partial charge in [0.05, 0.1) is 0 Å². The third-order valence-corrected chi connectivity index (χ3v) is 3.96. The quantitative estimate of drug-likeness (QED) is 0.832. The van der Waals surface area contributed by atoms with E-state index in [0.29, 0.717) is 23.6 Å². The molecule has 1 amide bonds. The third-order valence-electron chi connectivity index (χ3n) is 3.70. The van der Waals surface area contributed by atoms with Crippen LogP contribution in [0.4, 0.5) is 0 Å². The molecule has 0 saturated heterocycles. The number of carboxylic acids is 1. The van der Waals surface area contributed by atoms with Crippen molar-refractivity contribution >= 4 is 23.5 Å². The molecular weight excluding hydrogens is 290 g/mol. The number of hydrogen-bond acceptors (Lipinski definition) is 2. The summed E-state index contributed by atoms with van der Waals surface area (Å²) in [6, 6.07) is 6.76. The summed E-state index contributed by atoms with van der Waals surface area (Å²) in [6.07, 6.45) is 1.29. The molecule has 0 spiro atoms. The van der Waals surface area contributed by atoms with Crippen molar-refractivity contribution in [1.29, 1.82) is 0 Å². The van der Waals surface area contributed by atoms with E-state index in [0.717, 1.165) is 6.42 Å². The van der Waals surface area contributed by atoms with Gasteiger partial charge in [-0.05, 0) is 51.0 Å². The van der Waals surface area contributed by atoms with Crippen molar-refractivity contribution in [2.24, 2.45) is 0 Å². The smallest absolute Gasteiger partial charge is 0.303 e. The van der Waals surface area contributed by atoms with Crippen molar-refractivity contribution in [2.75, 3.05) is 6.54 Å². The zero-order valence-electron chi connectivity index (χ0n) is 12.7. The van der Waals surface area contributed by atoms with Crippen LogP contribution in [-0.2, 0) is 4.79 Å². The predicted octanol–water partition coefficient (Wildman–Crippen LogP) is 3.84. The van der Waals surface area contributed by atoms with E-state index in [2.05, 4.69) is 0 Å². The highest BCUT2D eigenvalue weighted by Gasteiger charge is 2.29. The van der Waals surface area contributed by atoms with Gasteiger partial charge in [0.25, 0.3) is 5.91 Å². The molecular formula is C16H22ClNO3. The van der Waals surface area contributed by atoms with Gasteiger partial charge in [-0.2, -0.15) is 0 Å². The minimum Gasteiger partial charge on any atom is -0.481 e. The third kappa shape index (κ3) is 5.05. The van der Waals surface area contributed by atoms with Crippen LogP contribution in [0, 0.1) is 0 Å². The normalized spacial score (nSPS) is 11.2. The fourth-order valence-corrected chi connectivity index (χ4v) is 2.13. The lowest BCUT2D eigenvalue weighted by Crippen LogP contribution is -2.48. The van der Waals surface area contributed by atoms with Crippen LogP contribution in [0.5, 0.6) is 0 Å². The van der Waals surface area contributed by atoms with Crippen molar-refractivity contribution in [3.05, 3.63) is 34.9 Å². The summed E-state index contributed by atoms with van der Waals surface area (Å²) in [5, 5.41) is 9.34. The molecule has 116 valence electrons. The highest BCUT2D eigenvalue weighted by Crippen LogP contribution is 2.22. The van der Waals surface area contributed by atoms with Crippen molar-refractivity contribution < 1.29 is 14.7 Å². The minimum absolute atomic E-state index is 0.0597. The molecule has 0 aliphatic heterocycles. The molecule has 1 N–H and O–H groups in total. The van der Waals surface area contributed by atoms with Crippen molar-refractivity contribution in [2.45, 2.75) is 45.6 Å². The summed E-state index contributed by atoms with van der Waals surface area (Å²) in [5.74, 6) is -0.938. The van der Waals surface area contributed by atoms with E-state index in [1.807, 2.05) is 20.8 Å². The molecule has 0 fully saturated rings. The highest BCUT2D eigenvalue weighted by atomic mass is 35.5. The van der Waals surface area contributed by atoms with Gasteiger partial charge in [0.2, 0.25) is 0 Å². The monoisotopic (exact) mass is 311 g/mol. The number of nitrogens with zero attached hydrogens (tertiary/aromatic N) is 1. The lowest BCUT2D eigenvalue weighted by molar-refractivity contribution is -0.137. The topological polar surface area (TPSA) is 57.6 Å².